The van der Waals surface area contributed by atoms with Crippen molar-refractivity contribution in [2.45, 2.75) is 58.0 Å². The lowest BCUT2D eigenvalue weighted by molar-refractivity contribution is -0.379. The van der Waals surface area contributed by atoms with Gasteiger partial charge in [-0.15, -0.1) is 0 Å². The zero-order chi connectivity index (χ0) is 15.0. The topological polar surface area (TPSA) is 129 Å². The van der Waals surface area contributed by atoms with Gasteiger partial charge < -0.3 is 39.7 Å². The van der Waals surface area contributed by atoms with Crippen molar-refractivity contribution in [2.75, 3.05) is 13.2 Å². The zero-order valence-corrected chi connectivity index (χ0v) is 11.3. The van der Waals surface area contributed by atoms with Crippen molar-refractivity contribution >= 4 is 0 Å². The maximum atomic E-state index is 8.81. The molecule has 116 valence electrons. The zero-order valence-electron chi connectivity index (χ0n) is 11.3. The van der Waals surface area contributed by atoms with E-state index in [4.69, 9.17) is 30.3 Å². The van der Waals surface area contributed by atoms with Crippen molar-refractivity contribution < 1.29 is 39.7 Å². The molecule has 0 aromatic rings. The molecule has 2 rings (SSSR count). The van der Waals surface area contributed by atoms with E-state index in [2.05, 4.69) is 9.47 Å². The quantitative estimate of drug-likeness (QED) is 0.399. The Morgan fingerprint density at radius 2 is 1.42 bits per heavy atom. The van der Waals surface area contributed by atoms with Gasteiger partial charge in [-0.2, -0.15) is 0 Å². The third-order valence-corrected chi connectivity index (χ3v) is 2.30. The lowest BCUT2D eigenvalue weighted by atomic mass is 10.1. The monoisotopic (exact) mass is 284 g/mol. The Morgan fingerprint density at radius 1 is 0.947 bits per heavy atom. The van der Waals surface area contributed by atoms with Crippen LogP contribution in [0.1, 0.15) is 20.8 Å². The summed E-state index contributed by atoms with van der Waals surface area (Å²) in [6.07, 6.45) is -4.33. The Kier molecular flexibility index (Phi) is 9.40. The Balaban J connectivity index is 0.000000289. The number of rotatable bonds is 2. The highest BCUT2D eigenvalue weighted by Gasteiger charge is 2.40. The van der Waals surface area contributed by atoms with Gasteiger partial charge in [0.2, 0.25) is 0 Å². The van der Waals surface area contributed by atoms with Gasteiger partial charge in [0, 0.05) is 13.2 Å². The molecule has 5 N–H and O–H groups in total. The SMILES string of the molecule is CC1OC(O)C1O.CCO.CCOC1OC(O)C1O. The molecule has 2 aliphatic rings. The fourth-order valence-corrected chi connectivity index (χ4v) is 1.17. The molecular formula is C11H24O8. The van der Waals surface area contributed by atoms with Gasteiger partial charge in [-0.3, -0.25) is 0 Å². The second kappa shape index (κ2) is 9.56. The van der Waals surface area contributed by atoms with Crippen molar-refractivity contribution in [3.63, 3.8) is 0 Å². The van der Waals surface area contributed by atoms with Gasteiger partial charge in [0.25, 0.3) is 0 Å². The van der Waals surface area contributed by atoms with E-state index in [-0.39, 0.29) is 12.7 Å². The molecule has 0 bridgehead atoms. The van der Waals surface area contributed by atoms with Crippen LogP contribution in [-0.4, -0.2) is 75.9 Å². The highest BCUT2D eigenvalue weighted by Crippen LogP contribution is 2.19. The summed E-state index contributed by atoms with van der Waals surface area (Å²) in [6.45, 7) is 5.91. The molecule has 6 atom stereocenters. The molecule has 8 nitrogen and oxygen atoms in total. The third kappa shape index (κ3) is 6.11. The van der Waals surface area contributed by atoms with Crippen LogP contribution < -0.4 is 0 Å². The van der Waals surface area contributed by atoms with E-state index in [0.717, 1.165) is 0 Å². The van der Waals surface area contributed by atoms with Gasteiger partial charge in [-0.25, -0.2) is 0 Å². The van der Waals surface area contributed by atoms with Gasteiger partial charge in [0.1, 0.15) is 6.10 Å². The molecule has 0 aromatic carbocycles. The van der Waals surface area contributed by atoms with Crippen LogP contribution in [0.4, 0.5) is 0 Å². The second-order valence-corrected chi connectivity index (χ2v) is 3.88. The molecule has 0 amide bonds. The summed E-state index contributed by atoms with van der Waals surface area (Å²) in [5, 5.41) is 42.0. The van der Waals surface area contributed by atoms with Crippen LogP contribution in [0.25, 0.3) is 0 Å². The summed E-state index contributed by atoms with van der Waals surface area (Å²) in [4.78, 5) is 0. The van der Waals surface area contributed by atoms with Crippen LogP contribution >= 0.6 is 0 Å². The molecule has 0 aliphatic carbocycles. The van der Waals surface area contributed by atoms with Crippen molar-refractivity contribution in [1.29, 1.82) is 0 Å². The van der Waals surface area contributed by atoms with Crippen LogP contribution in [0.3, 0.4) is 0 Å². The van der Waals surface area contributed by atoms with E-state index in [1.165, 1.54) is 0 Å². The molecule has 0 saturated carbocycles. The third-order valence-electron chi connectivity index (χ3n) is 2.30. The smallest absolute Gasteiger partial charge is 0.191 e. The van der Waals surface area contributed by atoms with Crippen LogP contribution in [-0.2, 0) is 14.2 Å². The summed E-state index contributed by atoms with van der Waals surface area (Å²) in [5.41, 5.74) is 0. The van der Waals surface area contributed by atoms with Crippen molar-refractivity contribution in [1.82, 2.24) is 0 Å². The number of hydrogen-bond donors (Lipinski definition) is 5. The van der Waals surface area contributed by atoms with E-state index >= 15 is 0 Å². The fraction of sp³-hybridized carbons (Fsp3) is 1.00. The van der Waals surface area contributed by atoms with Crippen LogP contribution in [0.15, 0.2) is 0 Å². The lowest BCUT2D eigenvalue weighted by Crippen LogP contribution is -2.54. The van der Waals surface area contributed by atoms with Gasteiger partial charge in [0.15, 0.2) is 25.0 Å². The minimum absolute atomic E-state index is 0.185. The first-order valence-corrected chi connectivity index (χ1v) is 6.14. The average Bonchev–Trinajstić information content (AvgIpc) is 2.40. The van der Waals surface area contributed by atoms with Gasteiger partial charge >= 0.3 is 0 Å². The van der Waals surface area contributed by atoms with E-state index in [1.54, 1.807) is 20.8 Å². The Hall–Kier alpha value is -0.320. The number of aliphatic hydroxyl groups excluding tert-OH is 5. The summed E-state index contributed by atoms with van der Waals surface area (Å²) in [7, 11) is 0. The minimum Gasteiger partial charge on any atom is -0.397 e. The van der Waals surface area contributed by atoms with E-state index in [9.17, 15) is 0 Å². The maximum absolute atomic E-state index is 8.81. The largest absolute Gasteiger partial charge is 0.397 e. The number of aliphatic hydroxyl groups is 5. The summed E-state index contributed by atoms with van der Waals surface area (Å²) in [5.74, 6) is 0. The number of ether oxygens (including phenoxy) is 3. The number of hydrogen-bond acceptors (Lipinski definition) is 8. The standard InChI is InChI=1S/C5H10O4.C4H8O3.C2H6O/c1-2-8-5-3(6)4(7)9-5;1-2-3(5)4(6)7-2;1-2-3/h3-7H,2H2,1H3;2-6H,1H3;3H,2H2,1H3. The Bertz CT molecular complexity index is 217. The highest BCUT2D eigenvalue weighted by molar-refractivity contribution is 4.76. The van der Waals surface area contributed by atoms with E-state index in [1.807, 2.05) is 0 Å². The molecule has 0 spiro atoms. The molecule has 2 fully saturated rings. The fourth-order valence-electron chi connectivity index (χ4n) is 1.17. The molecule has 2 saturated heterocycles. The normalized spacial score (nSPS) is 39.8. The van der Waals surface area contributed by atoms with Crippen LogP contribution in [0.2, 0.25) is 0 Å². The molecular weight excluding hydrogens is 260 g/mol. The summed E-state index contributed by atoms with van der Waals surface area (Å²) >= 11 is 0. The Labute approximate surface area is 112 Å². The molecule has 0 radical (unpaired) electrons. The van der Waals surface area contributed by atoms with Crippen molar-refractivity contribution in [2.24, 2.45) is 0 Å². The van der Waals surface area contributed by atoms with Gasteiger partial charge in [0.05, 0.1) is 6.10 Å². The first kappa shape index (κ1) is 18.7. The molecule has 2 aliphatic heterocycles. The average molecular weight is 284 g/mol. The highest BCUT2D eigenvalue weighted by atomic mass is 16.8. The molecule has 2 heterocycles. The van der Waals surface area contributed by atoms with Crippen molar-refractivity contribution in [3.05, 3.63) is 0 Å². The molecule has 19 heavy (non-hydrogen) atoms. The predicted molar refractivity (Wildman–Crippen MR) is 63.8 cm³/mol. The summed E-state index contributed by atoms with van der Waals surface area (Å²) < 4.78 is 14.0. The molecule has 8 heteroatoms. The lowest BCUT2D eigenvalue weighted by Gasteiger charge is -2.36. The van der Waals surface area contributed by atoms with Gasteiger partial charge in [-0.05, 0) is 20.8 Å². The van der Waals surface area contributed by atoms with Gasteiger partial charge in [-0.1, -0.05) is 0 Å². The minimum atomic E-state index is -1.05. The Morgan fingerprint density at radius 3 is 1.58 bits per heavy atom. The molecule has 6 unspecified atom stereocenters. The first-order valence-electron chi connectivity index (χ1n) is 6.14. The van der Waals surface area contributed by atoms with Crippen LogP contribution in [0, 0.1) is 0 Å². The van der Waals surface area contributed by atoms with E-state index < -0.39 is 31.1 Å². The summed E-state index contributed by atoms with van der Waals surface area (Å²) in [6, 6.07) is 0. The second-order valence-electron chi connectivity index (χ2n) is 3.88. The van der Waals surface area contributed by atoms with Crippen LogP contribution in [0.5, 0.6) is 0 Å². The first-order chi connectivity index (χ1) is 8.88. The maximum Gasteiger partial charge on any atom is 0.191 e. The predicted octanol–water partition coefficient (Wildman–Crippen LogP) is -1.86. The molecule has 0 aromatic heterocycles. The van der Waals surface area contributed by atoms with E-state index in [0.29, 0.717) is 6.61 Å². The van der Waals surface area contributed by atoms with Crippen molar-refractivity contribution in [3.8, 4) is 0 Å².